The number of carbonyl (C=O) groups excluding carboxylic acids is 2. The number of hydrogen-bond acceptors (Lipinski definition) is 3. The molecule has 1 aliphatic heterocycles. The number of carbonyl (C=O) groups is 3. The van der Waals surface area contributed by atoms with Crippen molar-refractivity contribution in [3.05, 3.63) is 12.2 Å². The van der Waals surface area contributed by atoms with Crippen LogP contribution in [0.15, 0.2) is 12.2 Å². The van der Waals surface area contributed by atoms with E-state index in [1.54, 1.807) is 0 Å². The first-order valence-corrected chi connectivity index (χ1v) is 7.34. The van der Waals surface area contributed by atoms with E-state index in [1.165, 1.54) is 4.90 Å². The molecule has 3 rings (SSSR count). The molecule has 2 amide bonds. The third-order valence-corrected chi connectivity index (χ3v) is 4.95. The van der Waals surface area contributed by atoms with Gasteiger partial charge in [0.25, 0.3) is 0 Å². The number of amides is 2. The van der Waals surface area contributed by atoms with Crippen molar-refractivity contribution in [2.75, 3.05) is 0 Å². The highest BCUT2D eigenvalue weighted by Crippen LogP contribution is 2.39. The first-order chi connectivity index (χ1) is 9.59. The van der Waals surface area contributed by atoms with E-state index >= 15 is 0 Å². The maximum absolute atomic E-state index is 12.4. The summed E-state index contributed by atoms with van der Waals surface area (Å²) >= 11 is 0. The van der Waals surface area contributed by atoms with Crippen LogP contribution in [0.5, 0.6) is 0 Å². The minimum Gasteiger partial charge on any atom is -0.481 e. The molecular formula is C15H19NO4. The SMILES string of the molecule is O=C(O)C1CCC(N2C(=O)C3CC=CCC3C2=O)CC1. The van der Waals surface area contributed by atoms with E-state index < -0.39 is 5.97 Å². The van der Waals surface area contributed by atoms with E-state index in [4.69, 9.17) is 5.11 Å². The van der Waals surface area contributed by atoms with Crippen LogP contribution in [0.2, 0.25) is 0 Å². The summed E-state index contributed by atoms with van der Waals surface area (Å²) in [7, 11) is 0. The second-order valence-electron chi connectivity index (χ2n) is 6.05. The zero-order chi connectivity index (χ0) is 14.3. The van der Waals surface area contributed by atoms with Crippen molar-refractivity contribution < 1.29 is 19.5 Å². The number of aliphatic carboxylic acids is 1. The number of carboxylic acid groups (broad SMARTS) is 1. The third kappa shape index (κ3) is 2.05. The lowest BCUT2D eigenvalue weighted by molar-refractivity contribution is -0.145. The topological polar surface area (TPSA) is 74.7 Å². The molecule has 2 fully saturated rings. The molecular weight excluding hydrogens is 258 g/mol. The van der Waals surface area contributed by atoms with Crippen molar-refractivity contribution in [2.45, 2.75) is 44.6 Å². The fourth-order valence-electron chi connectivity index (χ4n) is 3.77. The van der Waals surface area contributed by atoms with E-state index in [0.29, 0.717) is 38.5 Å². The van der Waals surface area contributed by atoms with Gasteiger partial charge in [0, 0.05) is 6.04 Å². The minimum absolute atomic E-state index is 0.0388. The molecule has 1 saturated heterocycles. The number of fused-ring (bicyclic) bond motifs is 1. The Morgan fingerprint density at radius 2 is 1.50 bits per heavy atom. The minimum atomic E-state index is -0.764. The lowest BCUT2D eigenvalue weighted by Gasteiger charge is -2.32. The summed E-state index contributed by atoms with van der Waals surface area (Å²) in [4.78, 5) is 37.3. The van der Waals surface area contributed by atoms with Gasteiger partial charge in [-0.1, -0.05) is 12.2 Å². The maximum Gasteiger partial charge on any atom is 0.306 e. The molecule has 0 spiro atoms. The molecule has 5 nitrogen and oxygen atoms in total. The molecule has 3 aliphatic rings. The van der Waals surface area contributed by atoms with Gasteiger partial charge in [0.2, 0.25) is 11.8 Å². The largest absolute Gasteiger partial charge is 0.481 e. The number of carboxylic acids is 1. The fourth-order valence-corrected chi connectivity index (χ4v) is 3.77. The molecule has 1 heterocycles. The second-order valence-corrected chi connectivity index (χ2v) is 6.05. The number of likely N-dealkylation sites (tertiary alicyclic amines) is 1. The van der Waals surface area contributed by atoms with Gasteiger partial charge in [0.1, 0.15) is 0 Å². The van der Waals surface area contributed by atoms with Crippen LogP contribution in [0.1, 0.15) is 38.5 Å². The molecule has 108 valence electrons. The summed E-state index contributed by atoms with van der Waals surface area (Å²) in [6.45, 7) is 0. The molecule has 0 aromatic carbocycles. The average molecular weight is 277 g/mol. The quantitative estimate of drug-likeness (QED) is 0.614. The Labute approximate surface area is 117 Å². The van der Waals surface area contributed by atoms with Gasteiger partial charge in [-0.2, -0.15) is 0 Å². The normalized spacial score (nSPS) is 37.1. The summed E-state index contributed by atoms with van der Waals surface area (Å²) in [5.74, 6) is -1.51. The zero-order valence-electron chi connectivity index (χ0n) is 11.3. The van der Waals surface area contributed by atoms with Crippen LogP contribution in [-0.4, -0.2) is 33.8 Å². The van der Waals surface area contributed by atoms with E-state index in [0.717, 1.165) is 0 Å². The lowest BCUT2D eigenvalue weighted by atomic mass is 9.85. The molecule has 2 atom stereocenters. The Bertz CT molecular complexity index is 450. The molecule has 20 heavy (non-hydrogen) atoms. The van der Waals surface area contributed by atoms with Crippen LogP contribution < -0.4 is 0 Å². The number of nitrogens with zero attached hydrogens (tertiary/aromatic N) is 1. The van der Waals surface area contributed by atoms with Crippen LogP contribution in [-0.2, 0) is 14.4 Å². The second kappa shape index (κ2) is 5.04. The Kier molecular flexibility index (Phi) is 3.36. The molecule has 0 radical (unpaired) electrons. The molecule has 0 bridgehead atoms. The fraction of sp³-hybridized carbons (Fsp3) is 0.667. The Hall–Kier alpha value is -1.65. The van der Waals surface area contributed by atoms with E-state index in [-0.39, 0.29) is 35.6 Å². The standard InChI is InChI=1S/C15H19NO4/c17-13-11-3-1-2-4-12(11)14(18)16(13)10-7-5-9(6-8-10)15(19)20/h1-2,9-12H,3-8H2,(H,19,20). The van der Waals surface area contributed by atoms with Gasteiger partial charge in [-0.05, 0) is 38.5 Å². The van der Waals surface area contributed by atoms with Crippen LogP contribution in [0.3, 0.4) is 0 Å². The van der Waals surface area contributed by atoms with Crippen LogP contribution >= 0.6 is 0 Å². The summed E-state index contributed by atoms with van der Waals surface area (Å²) < 4.78 is 0. The van der Waals surface area contributed by atoms with Crippen molar-refractivity contribution in [3.63, 3.8) is 0 Å². The molecule has 5 heteroatoms. The summed E-state index contributed by atoms with van der Waals surface area (Å²) in [6, 6.07) is -0.0869. The van der Waals surface area contributed by atoms with E-state index in [2.05, 4.69) is 0 Å². The van der Waals surface area contributed by atoms with Crippen molar-refractivity contribution >= 4 is 17.8 Å². The molecule has 2 unspecified atom stereocenters. The Balaban J connectivity index is 1.71. The van der Waals surface area contributed by atoms with Crippen molar-refractivity contribution in [1.82, 2.24) is 4.90 Å². The van der Waals surface area contributed by atoms with Gasteiger partial charge in [-0.3, -0.25) is 19.3 Å². The predicted octanol–water partition coefficient (Wildman–Crippen LogP) is 1.58. The summed E-state index contributed by atoms with van der Waals surface area (Å²) in [6.07, 6.45) is 7.67. The smallest absolute Gasteiger partial charge is 0.306 e. The van der Waals surface area contributed by atoms with Crippen LogP contribution in [0, 0.1) is 17.8 Å². The predicted molar refractivity (Wildman–Crippen MR) is 70.6 cm³/mol. The molecule has 0 aromatic heterocycles. The average Bonchev–Trinajstić information content (AvgIpc) is 2.72. The molecule has 1 N–H and O–H groups in total. The molecule has 1 saturated carbocycles. The summed E-state index contributed by atoms with van der Waals surface area (Å²) in [5, 5.41) is 9.01. The summed E-state index contributed by atoms with van der Waals surface area (Å²) in [5.41, 5.74) is 0. The van der Waals surface area contributed by atoms with Crippen molar-refractivity contribution in [3.8, 4) is 0 Å². The van der Waals surface area contributed by atoms with Gasteiger partial charge >= 0.3 is 5.97 Å². The van der Waals surface area contributed by atoms with Crippen molar-refractivity contribution in [1.29, 1.82) is 0 Å². The van der Waals surface area contributed by atoms with Gasteiger partial charge in [-0.15, -0.1) is 0 Å². The highest BCUT2D eigenvalue weighted by atomic mass is 16.4. The monoisotopic (exact) mass is 277 g/mol. The van der Waals surface area contributed by atoms with E-state index in [1.807, 2.05) is 12.2 Å². The lowest BCUT2D eigenvalue weighted by Crippen LogP contribution is -2.43. The molecule has 2 aliphatic carbocycles. The number of imide groups is 1. The number of allylic oxidation sites excluding steroid dienone is 2. The first kappa shape index (κ1) is 13.3. The molecule has 0 aromatic rings. The number of hydrogen-bond donors (Lipinski definition) is 1. The number of rotatable bonds is 2. The highest BCUT2D eigenvalue weighted by Gasteiger charge is 2.50. The zero-order valence-corrected chi connectivity index (χ0v) is 11.3. The maximum atomic E-state index is 12.4. The van der Waals surface area contributed by atoms with Crippen molar-refractivity contribution in [2.24, 2.45) is 17.8 Å². The van der Waals surface area contributed by atoms with Crippen LogP contribution in [0.25, 0.3) is 0 Å². The Morgan fingerprint density at radius 1 is 1.00 bits per heavy atom. The Morgan fingerprint density at radius 3 is 1.95 bits per heavy atom. The highest BCUT2D eigenvalue weighted by molar-refractivity contribution is 6.05. The van der Waals surface area contributed by atoms with Gasteiger partial charge in [0.15, 0.2) is 0 Å². The third-order valence-electron chi connectivity index (χ3n) is 4.95. The van der Waals surface area contributed by atoms with E-state index in [9.17, 15) is 14.4 Å². The van der Waals surface area contributed by atoms with Gasteiger partial charge in [-0.25, -0.2) is 0 Å². The van der Waals surface area contributed by atoms with Gasteiger partial charge in [0.05, 0.1) is 17.8 Å². The van der Waals surface area contributed by atoms with Crippen LogP contribution in [0.4, 0.5) is 0 Å². The van der Waals surface area contributed by atoms with Gasteiger partial charge < -0.3 is 5.11 Å². The first-order valence-electron chi connectivity index (χ1n) is 7.34.